The number of primary amides is 1. The third kappa shape index (κ3) is 3.89. The highest BCUT2D eigenvalue weighted by atomic mass is 16.2. The molecule has 3 rings (SSSR count). The second-order valence-electron chi connectivity index (χ2n) is 7.32. The summed E-state index contributed by atoms with van der Waals surface area (Å²) in [5.41, 5.74) is 7.46. The van der Waals surface area contributed by atoms with E-state index in [1.54, 1.807) is 9.80 Å². The third-order valence-electron chi connectivity index (χ3n) is 5.47. The molecule has 2 heterocycles. The van der Waals surface area contributed by atoms with Crippen LogP contribution in [0.2, 0.25) is 0 Å². The zero-order chi connectivity index (χ0) is 18.7. The van der Waals surface area contributed by atoms with E-state index in [9.17, 15) is 14.4 Å². The molecule has 6 nitrogen and oxygen atoms in total. The van der Waals surface area contributed by atoms with E-state index >= 15 is 0 Å². The highest BCUT2D eigenvalue weighted by Crippen LogP contribution is 2.28. The van der Waals surface area contributed by atoms with Crippen LogP contribution in [0.1, 0.15) is 38.2 Å². The van der Waals surface area contributed by atoms with Crippen molar-refractivity contribution < 1.29 is 14.4 Å². The minimum atomic E-state index is -0.303. The number of hydrogen-bond acceptors (Lipinski definition) is 3. The topological polar surface area (TPSA) is 83.7 Å². The zero-order valence-corrected chi connectivity index (χ0v) is 15.3. The van der Waals surface area contributed by atoms with Gasteiger partial charge in [-0.3, -0.25) is 14.4 Å². The predicted octanol–water partition coefficient (Wildman–Crippen LogP) is 1.72. The van der Waals surface area contributed by atoms with E-state index in [1.807, 2.05) is 12.1 Å². The lowest BCUT2D eigenvalue weighted by atomic mass is 9.95. The molecular weight excluding hydrogens is 330 g/mol. The van der Waals surface area contributed by atoms with Gasteiger partial charge in [0.05, 0.1) is 5.92 Å². The molecule has 3 amide bonds. The van der Waals surface area contributed by atoms with Gasteiger partial charge in [0.15, 0.2) is 0 Å². The van der Waals surface area contributed by atoms with Crippen molar-refractivity contribution in [2.24, 2.45) is 17.6 Å². The summed E-state index contributed by atoms with van der Waals surface area (Å²) in [6.45, 7) is 3.66. The van der Waals surface area contributed by atoms with Crippen molar-refractivity contribution in [3.8, 4) is 0 Å². The predicted molar refractivity (Wildman–Crippen MR) is 99.4 cm³/mol. The summed E-state index contributed by atoms with van der Waals surface area (Å²) in [6.07, 6.45) is 3.60. The summed E-state index contributed by atoms with van der Waals surface area (Å²) in [7, 11) is 0. The largest absolute Gasteiger partial charge is 0.369 e. The van der Waals surface area contributed by atoms with Gasteiger partial charge in [-0.25, -0.2) is 0 Å². The monoisotopic (exact) mass is 357 g/mol. The smallest absolute Gasteiger partial charge is 0.228 e. The second kappa shape index (κ2) is 7.89. The number of rotatable bonds is 5. The van der Waals surface area contributed by atoms with E-state index in [0.29, 0.717) is 32.5 Å². The highest BCUT2D eigenvalue weighted by Gasteiger charge is 2.38. The summed E-state index contributed by atoms with van der Waals surface area (Å²) in [5.74, 6) is -0.707. The first-order chi connectivity index (χ1) is 12.5. The van der Waals surface area contributed by atoms with E-state index in [-0.39, 0.29) is 36.0 Å². The lowest BCUT2D eigenvalue weighted by Gasteiger charge is -2.32. The lowest BCUT2D eigenvalue weighted by Crippen LogP contribution is -2.44. The van der Waals surface area contributed by atoms with E-state index in [4.69, 9.17) is 5.73 Å². The van der Waals surface area contributed by atoms with Crippen LogP contribution in [0.15, 0.2) is 24.3 Å². The molecule has 0 radical (unpaired) electrons. The molecule has 2 aliphatic rings. The van der Waals surface area contributed by atoms with Crippen LogP contribution < -0.4 is 10.6 Å². The Morgan fingerprint density at radius 2 is 1.77 bits per heavy atom. The number of hydrogen-bond donors (Lipinski definition) is 1. The molecular formula is C20H27N3O3. The van der Waals surface area contributed by atoms with Crippen LogP contribution in [0.25, 0.3) is 0 Å². The molecule has 0 aromatic heterocycles. The number of aryl methyl sites for hydroxylation is 1. The number of benzene rings is 1. The number of piperidine rings is 1. The van der Waals surface area contributed by atoms with Crippen molar-refractivity contribution in [3.63, 3.8) is 0 Å². The number of likely N-dealkylation sites (tertiary alicyclic amines) is 1. The molecule has 1 aromatic carbocycles. The maximum Gasteiger partial charge on any atom is 0.228 e. The van der Waals surface area contributed by atoms with E-state index in [0.717, 1.165) is 18.5 Å². The Bertz CT molecular complexity index is 678. The van der Waals surface area contributed by atoms with Gasteiger partial charge in [-0.05, 0) is 37.0 Å². The van der Waals surface area contributed by atoms with Crippen molar-refractivity contribution in [2.75, 3.05) is 24.5 Å². The third-order valence-corrected chi connectivity index (χ3v) is 5.47. The average Bonchev–Trinajstić information content (AvgIpc) is 3.04. The maximum absolute atomic E-state index is 12.8. The first kappa shape index (κ1) is 18.4. The molecule has 26 heavy (non-hydrogen) atoms. The molecule has 140 valence electrons. The Labute approximate surface area is 154 Å². The van der Waals surface area contributed by atoms with Crippen molar-refractivity contribution >= 4 is 23.4 Å². The van der Waals surface area contributed by atoms with Gasteiger partial charge in [0, 0.05) is 37.7 Å². The van der Waals surface area contributed by atoms with Gasteiger partial charge in [-0.15, -0.1) is 0 Å². The minimum absolute atomic E-state index is 0.00128. The Hall–Kier alpha value is -2.37. The average molecular weight is 357 g/mol. The van der Waals surface area contributed by atoms with Crippen molar-refractivity contribution in [1.29, 1.82) is 0 Å². The van der Waals surface area contributed by atoms with Crippen molar-refractivity contribution in [1.82, 2.24) is 4.90 Å². The summed E-state index contributed by atoms with van der Waals surface area (Å²) in [6, 6.07) is 8.04. The molecule has 0 aliphatic carbocycles. The Morgan fingerprint density at radius 1 is 1.12 bits per heavy atom. The van der Waals surface area contributed by atoms with Gasteiger partial charge in [0.1, 0.15) is 0 Å². The quantitative estimate of drug-likeness (QED) is 0.871. The number of carbonyl (C=O) groups excluding carboxylic acids is 3. The van der Waals surface area contributed by atoms with E-state index in [2.05, 4.69) is 19.1 Å². The second-order valence-corrected chi connectivity index (χ2v) is 7.32. The molecule has 2 N–H and O–H groups in total. The first-order valence-corrected chi connectivity index (χ1v) is 9.47. The van der Waals surface area contributed by atoms with Crippen LogP contribution in [0.4, 0.5) is 5.69 Å². The summed E-state index contributed by atoms with van der Waals surface area (Å²) >= 11 is 0. The summed E-state index contributed by atoms with van der Waals surface area (Å²) in [5, 5.41) is 0. The molecule has 2 aliphatic heterocycles. The number of anilines is 1. The van der Waals surface area contributed by atoms with Crippen LogP contribution in [0.3, 0.4) is 0 Å². The molecule has 2 fully saturated rings. The van der Waals surface area contributed by atoms with Crippen LogP contribution >= 0.6 is 0 Å². The zero-order valence-electron chi connectivity index (χ0n) is 15.3. The molecule has 6 heteroatoms. The molecule has 0 bridgehead atoms. The molecule has 0 unspecified atom stereocenters. The van der Waals surface area contributed by atoms with E-state index < -0.39 is 0 Å². The molecule has 0 saturated carbocycles. The molecule has 0 spiro atoms. The number of nitrogens with zero attached hydrogens (tertiary/aromatic N) is 2. The van der Waals surface area contributed by atoms with Crippen LogP contribution in [0.5, 0.6) is 0 Å². The first-order valence-electron chi connectivity index (χ1n) is 9.47. The van der Waals surface area contributed by atoms with E-state index in [1.165, 1.54) is 5.56 Å². The van der Waals surface area contributed by atoms with Gasteiger partial charge in [0.2, 0.25) is 17.7 Å². The Kier molecular flexibility index (Phi) is 5.59. The van der Waals surface area contributed by atoms with Crippen molar-refractivity contribution in [3.05, 3.63) is 29.8 Å². The number of amides is 3. The summed E-state index contributed by atoms with van der Waals surface area (Å²) < 4.78 is 0. The standard InChI is InChI=1S/C20H27N3O3/c1-2-3-14-4-6-17(7-5-14)23-13-16(12-18(23)24)20(26)22-10-8-15(9-11-22)19(21)25/h4-7,15-16H,2-3,8-13H2,1H3,(H2,21,25)/t16-/m1/s1. The van der Waals surface area contributed by atoms with Crippen LogP contribution in [-0.2, 0) is 20.8 Å². The fourth-order valence-electron chi connectivity index (χ4n) is 3.90. The van der Waals surface area contributed by atoms with Gasteiger partial charge >= 0.3 is 0 Å². The van der Waals surface area contributed by atoms with Gasteiger partial charge in [-0.1, -0.05) is 25.5 Å². The summed E-state index contributed by atoms with van der Waals surface area (Å²) in [4.78, 5) is 39.9. The van der Waals surface area contributed by atoms with Gasteiger partial charge in [-0.2, -0.15) is 0 Å². The maximum atomic E-state index is 12.8. The number of carbonyl (C=O) groups is 3. The Balaban J connectivity index is 1.60. The fourth-order valence-corrected chi connectivity index (χ4v) is 3.90. The minimum Gasteiger partial charge on any atom is -0.369 e. The van der Waals surface area contributed by atoms with Gasteiger partial charge in [0.25, 0.3) is 0 Å². The molecule has 1 aromatic rings. The van der Waals surface area contributed by atoms with Gasteiger partial charge < -0.3 is 15.5 Å². The molecule has 2 saturated heterocycles. The van der Waals surface area contributed by atoms with Crippen LogP contribution in [0, 0.1) is 11.8 Å². The normalized spacial score (nSPS) is 21.3. The number of nitrogens with two attached hydrogens (primary N) is 1. The lowest BCUT2D eigenvalue weighted by molar-refractivity contribution is -0.138. The SMILES string of the molecule is CCCc1ccc(N2C[C@H](C(=O)N3CCC(C(N)=O)CC3)CC2=O)cc1. The highest BCUT2D eigenvalue weighted by molar-refractivity contribution is 6.00. The molecule has 1 atom stereocenters. The fraction of sp³-hybridized carbons (Fsp3) is 0.550. The Morgan fingerprint density at radius 3 is 2.35 bits per heavy atom. The van der Waals surface area contributed by atoms with Crippen LogP contribution in [-0.4, -0.2) is 42.3 Å². The van der Waals surface area contributed by atoms with Crippen molar-refractivity contribution in [2.45, 2.75) is 39.0 Å².